The zero-order valence-electron chi connectivity index (χ0n) is 20.7. The van der Waals surface area contributed by atoms with Crippen molar-refractivity contribution in [2.24, 2.45) is 22.9 Å². The third kappa shape index (κ3) is 6.60. The van der Waals surface area contributed by atoms with Crippen LogP contribution < -0.4 is 28.3 Å². The first-order chi connectivity index (χ1) is 17.9. The van der Waals surface area contributed by atoms with Crippen molar-refractivity contribution in [1.29, 1.82) is 0 Å². The van der Waals surface area contributed by atoms with Crippen molar-refractivity contribution in [2.75, 3.05) is 19.7 Å². The summed E-state index contributed by atoms with van der Waals surface area (Å²) in [4.78, 5) is 12.4. The molecule has 1 saturated carbocycles. The monoisotopic (exact) mass is 555 g/mol. The van der Waals surface area contributed by atoms with E-state index in [-0.39, 0.29) is 25.9 Å². The average Bonchev–Trinajstić information content (AvgIpc) is 3.16. The lowest BCUT2D eigenvalue weighted by molar-refractivity contribution is -0.307. The van der Waals surface area contributed by atoms with E-state index in [1.807, 2.05) is 0 Å². The number of carbonyl (C=O) groups excluding carboxylic acids is 1. The Balaban J connectivity index is 1.84. The fourth-order valence-corrected chi connectivity index (χ4v) is 4.84. The molecule has 2 aliphatic heterocycles. The molecule has 3 rings (SSSR count). The highest BCUT2D eigenvalue weighted by Gasteiger charge is 2.53. The van der Waals surface area contributed by atoms with E-state index >= 15 is 0 Å². The summed E-state index contributed by atoms with van der Waals surface area (Å²) in [5, 5.41) is 74.0. The number of rotatable bonds is 10. The van der Waals surface area contributed by atoms with Crippen molar-refractivity contribution in [3.8, 4) is 0 Å². The van der Waals surface area contributed by atoms with Crippen LogP contribution in [0.1, 0.15) is 12.8 Å². The van der Waals surface area contributed by atoms with Crippen LogP contribution >= 0.6 is 0 Å². The Morgan fingerprint density at radius 3 is 2.08 bits per heavy atom. The second-order valence-electron chi connectivity index (χ2n) is 9.84. The molecule has 0 aromatic heterocycles. The first kappa shape index (κ1) is 31.4. The number of nitrogens with two attached hydrogens (primary N) is 4. The van der Waals surface area contributed by atoms with Crippen molar-refractivity contribution in [2.45, 2.75) is 105 Å². The molecule has 0 radical (unpaired) electrons. The summed E-state index contributed by atoms with van der Waals surface area (Å²) in [6, 6.07) is -3.29. The molecule has 2 heterocycles. The molecule has 17 nitrogen and oxygen atoms in total. The maximum absolute atomic E-state index is 12.4. The molecule has 0 bridgehead atoms. The topological polar surface area (TPSA) is 312 Å². The molecule has 15 atom stereocenters. The summed E-state index contributed by atoms with van der Waals surface area (Å²) in [6.45, 7) is -0.764. The van der Waals surface area contributed by atoms with Crippen molar-refractivity contribution >= 4 is 5.91 Å². The van der Waals surface area contributed by atoms with Crippen molar-refractivity contribution in [1.82, 2.24) is 5.32 Å². The van der Waals surface area contributed by atoms with Gasteiger partial charge in [-0.05, 0) is 19.4 Å². The highest BCUT2D eigenvalue weighted by Crippen LogP contribution is 2.32. The molecule has 222 valence electrons. The fourth-order valence-electron chi connectivity index (χ4n) is 4.84. The van der Waals surface area contributed by atoms with Crippen LogP contribution in [0.4, 0.5) is 0 Å². The predicted molar refractivity (Wildman–Crippen MR) is 125 cm³/mol. The minimum atomic E-state index is -1.62. The standard InChI is InChI=1S/C21H41N5O12/c22-2-1-8(28)19(34)26-7-3-6(24)17(37-20-11(25)15(32)13(30)9(4-23)35-20)18(12(7)29)38-21-16(33)14(31)10(5-27)36-21/h6-18,20-21,27-33H,1-5,22-25H2,(H,26,34)/t6-,7+,8-,9+,10+,11+,12+,13-,14+,15+,16+,17+,18-,20-,21-/m1/s1. The second kappa shape index (κ2) is 13.5. The van der Waals surface area contributed by atoms with Gasteiger partial charge in [0.2, 0.25) is 5.91 Å². The summed E-state index contributed by atoms with van der Waals surface area (Å²) in [5.74, 6) is -0.807. The van der Waals surface area contributed by atoms with E-state index in [2.05, 4.69) is 5.32 Å². The number of hydrogen-bond donors (Lipinski definition) is 12. The van der Waals surface area contributed by atoms with Crippen LogP contribution in [-0.4, -0.2) is 153 Å². The third-order valence-electron chi connectivity index (χ3n) is 7.15. The van der Waals surface area contributed by atoms with E-state index < -0.39 is 104 Å². The van der Waals surface area contributed by atoms with Gasteiger partial charge in [0.1, 0.15) is 61.0 Å². The van der Waals surface area contributed by atoms with Gasteiger partial charge in [-0.2, -0.15) is 0 Å². The number of ether oxygens (including phenoxy) is 4. The molecule has 17 heteroatoms. The molecule has 0 unspecified atom stereocenters. The Bertz CT molecular complexity index is 770. The van der Waals surface area contributed by atoms with Gasteiger partial charge in [-0.15, -0.1) is 0 Å². The van der Waals surface area contributed by atoms with Gasteiger partial charge in [-0.25, -0.2) is 0 Å². The highest BCUT2D eigenvalue weighted by molar-refractivity contribution is 5.80. The molecule has 16 N–H and O–H groups in total. The van der Waals surface area contributed by atoms with E-state index in [0.717, 1.165) is 0 Å². The van der Waals surface area contributed by atoms with E-state index in [0.29, 0.717) is 0 Å². The number of nitrogens with one attached hydrogen (secondary N) is 1. The number of aliphatic hydroxyl groups is 7. The van der Waals surface area contributed by atoms with Crippen molar-refractivity contribution < 1.29 is 59.5 Å². The molecule has 0 spiro atoms. The Morgan fingerprint density at radius 2 is 1.50 bits per heavy atom. The zero-order valence-corrected chi connectivity index (χ0v) is 20.7. The average molecular weight is 556 g/mol. The van der Waals surface area contributed by atoms with Crippen LogP contribution in [0.2, 0.25) is 0 Å². The molecular formula is C21H41N5O12. The molecular weight excluding hydrogens is 514 g/mol. The molecule has 3 fully saturated rings. The Kier molecular flexibility index (Phi) is 11.1. The van der Waals surface area contributed by atoms with Gasteiger partial charge < -0.3 is 82.9 Å². The summed E-state index contributed by atoms with van der Waals surface area (Å²) >= 11 is 0. The maximum atomic E-state index is 12.4. The third-order valence-corrected chi connectivity index (χ3v) is 7.15. The minimum absolute atomic E-state index is 0.0255. The molecule has 38 heavy (non-hydrogen) atoms. The van der Waals surface area contributed by atoms with Gasteiger partial charge >= 0.3 is 0 Å². The largest absolute Gasteiger partial charge is 0.394 e. The van der Waals surface area contributed by atoms with E-state index in [1.54, 1.807) is 0 Å². The van der Waals surface area contributed by atoms with Crippen molar-refractivity contribution in [3.05, 3.63) is 0 Å². The van der Waals surface area contributed by atoms with Crippen LogP contribution in [0.25, 0.3) is 0 Å². The lowest BCUT2D eigenvalue weighted by Crippen LogP contribution is -2.69. The minimum Gasteiger partial charge on any atom is -0.394 e. The first-order valence-electron chi connectivity index (χ1n) is 12.5. The van der Waals surface area contributed by atoms with Gasteiger partial charge in [0, 0.05) is 12.6 Å². The Morgan fingerprint density at radius 1 is 0.895 bits per heavy atom. The van der Waals surface area contributed by atoms with E-state index in [4.69, 9.17) is 41.9 Å². The molecule has 1 aliphatic carbocycles. The Hall–Kier alpha value is -1.13. The molecule has 0 aromatic rings. The highest BCUT2D eigenvalue weighted by atomic mass is 16.7. The first-order valence-corrected chi connectivity index (χ1v) is 12.5. The molecule has 2 saturated heterocycles. The van der Waals surface area contributed by atoms with Crippen LogP contribution in [0.3, 0.4) is 0 Å². The van der Waals surface area contributed by atoms with Gasteiger partial charge in [0.05, 0.1) is 18.7 Å². The molecule has 1 amide bonds. The van der Waals surface area contributed by atoms with Crippen molar-refractivity contribution in [3.63, 3.8) is 0 Å². The van der Waals surface area contributed by atoms with Crippen LogP contribution in [0.5, 0.6) is 0 Å². The lowest BCUT2D eigenvalue weighted by atomic mass is 9.83. The Labute approximate surface area is 218 Å². The van der Waals surface area contributed by atoms with E-state index in [1.165, 1.54) is 0 Å². The fraction of sp³-hybridized carbons (Fsp3) is 0.952. The number of carbonyl (C=O) groups is 1. The summed E-state index contributed by atoms with van der Waals surface area (Å²) in [7, 11) is 0. The normalized spacial score (nSPS) is 46.6. The summed E-state index contributed by atoms with van der Waals surface area (Å²) < 4.78 is 22.7. The van der Waals surface area contributed by atoms with Crippen LogP contribution in [-0.2, 0) is 23.7 Å². The maximum Gasteiger partial charge on any atom is 0.249 e. The van der Waals surface area contributed by atoms with Gasteiger partial charge in [0.15, 0.2) is 12.6 Å². The van der Waals surface area contributed by atoms with Gasteiger partial charge in [0.25, 0.3) is 0 Å². The van der Waals surface area contributed by atoms with Crippen LogP contribution in [0, 0.1) is 0 Å². The quantitative estimate of drug-likeness (QED) is 0.119. The predicted octanol–water partition coefficient (Wildman–Crippen LogP) is -7.79. The summed E-state index contributed by atoms with van der Waals surface area (Å²) in [5.41, 5.74) is 23.3. The van der Waals surface area contributed by atoms with Gasteiger partial charge in [-0.3, -0.25) is 4.79 Å². The van der Waals surface area contributed by atoms with E-state index in [9.17, 15) is 40.5 Å². The summed E-state index contributed by atoms with van der Waals surface area (Å²) in [6.07, 6.45) is -16.9. The number of hydrogen-bond acceptors (Lipinski definition) is 16. The van der Waals surface area contributed by atoms with Crippen LogP contribution in [0.15, 0.2) is 0 Å². The smallest absolute Gasteiger partial charge is 0.249 e. The molecule has 0 aromatic carbocycles. The SMILES string of the molecule is NCC[C@@H](O)C(=O)N[C@H]1C[C@@H](N)[C@H](O[C@H]2O[C@@H](CN)[C@@H](O)[C@@H](O)[C@@H]2N)[C@H](O[C@H]2O[C@@H](CO)[C@H](O)[C@@H]2O)[C@H]1O. The number of amides is 1. The number of aliphatic hydroxyl groups excluding tert-OH is 7. The zero-order chi connectivity index (χ0) is 28.3. The van der Waals surface area contributed by atoms with Gasteiger partial charge in [-0.1, -0.05) is 0 Å². The molecule has 3 aliphatic rings. The lowest BCUT2D eigenvalue weighted by Gasteiger charge is -2.48. The second-order valence-corrected chi connectivity index (χ2v) is 9.84.